The molecule has 4 nitrogen and oxygen atoms in total. The van der Waals surface area contributed by atoms with Gasteiger partial charge < -0.3 is 10.7 Å². The zero-order chi connectivity index (χ0) is 14.9. The first kappa shape index (κ1) is 14.7. The number of nitrogen functional groups attached to an aromatic ring is 1. The third kappa shape index (κ3) is 2.90. The fourth-order valence-electron chi connectivity index (χ4n) is 1.44. The molecule has 0 aliphatic carbocycles. The number of anilines is 3. The number of pyridine rings is 1. The molecule has 0 aliphatic heterocycles. The molecule has 0 atom stereocenters. The largest absolute Gasteiger partial charge is 0.335 e. The normalized spacial score (nSPS) is 10.5. The monoisotopic (exact) mass is 322 g/mol. The Bertz CT molecular complexity index is 643. The summed E-state index contributed by atoms with van der Waals surface area (Å²) in [7, 11) is 0. The van der Waals surface area contributed by atoms with Crippen molar-refractivity contribution in [2.75, 3.05) is 10.7 Å². The summed E-state index contributed by atoms with van der Waals surface area (Å²) in [5.74, 6) is 1.70. The molecule has 0 radical (unpaired) electrons. The van der Waals surface area contributed by atoms with Crippen LogP contribution < -0.4 is 16.6 Å². The number of halogens is 5. The van der Waals surface area contributed by atoms with Crippen LogP contribution in [0.25, 0.3) is 0 Å². The number of benzene rings is 1. The summed E-state index contributed by atoms with van der Waals surface area (Å²) in [4.78, 5) is 3.58. The second kappa shape index (κ2) is 5.74. The molecular weight excluding hydrogens is 316 g/mol. The molecule has 0 unspecified atom stereocenters. The Balaban J connectivity index is 2.45. The summed E-state index contributed by atoms with van der Waals surface area (Å²) < 4.78 is 39.8. The van der Waals surface area contributed by atoms with Gasteiger partial charge in [-0.15, -0.1) is 0 Å². The number of hydrazine groups is 1. The van der Waals surface area contributed by atoms with E-state index < -0.39 is 17.5 Å². The first-order valence-electron chi connectivity index (χ1n) is 5.16. The SMILES string of the molecule is NNc1nc(Nc2c(Cl)cc(F)cc2Cl)c(F)cc1F. The summed E-state index contributed by atoms with van der Waals surface area (Å²) in [5, 5.41) is 2.30. The minimum atomic E-state index is -0.988. The molecule has 1 aromatic carbocycles. The number of hydrogen-bond acceptors (Lipinski definition) is 4. The van der Waals surface area contributed by atoms with Gasteiger partial charge in [0.25, 0.3) is 0 Å². The minimum absolute atomic E-state index is 0.0377. The number of rotatable bonds is 3. The molecule has 1 heterocycles. The van der Waals surface area contributed by atoms with E-state index in [-0.39, 0.29) is 27.4 Å². The number of nitrogens with one attached hydrogen (secondary N) is 2. The number of hydrogen-bond donors (Lipinski definition) is 3. The maximum absolute atomic E-state index is 13.6. The average Bonchev–Trinajstić information content (AvgIpc) is 2.35. The maximum Gasteiger partial charge on any atom is 0.178 e. The van der Waals surface area contributed by atoms with Crippen LogP contribution in [0.1, 0.15) is 0 Å². The van der Waals surface area contributed by atoms with Crippen molar-refractivity contribution in [1.82, 2.24) is 4.98 Å². The molecule has 0 bridgehead atoms. The quantitative estimate of drug-likeness (QED) is 0.593. The van der Waals surface area contributed by atoms with Gasteiger partial charge in [0.2, 0.25) is 0 Å². The third-order valence-corrected chi connectivity index (χ3v) is 2.91. The van der Waals surface area contributed by atoms with Gasteiger partial charge in [0.05, 0.1) is 15.7 Å². The van der Waals surface area contributed by atoms with Crippen LogP contribution in [0.3, 0.4) is 0 Å². The third-order valence-electron chi connectivity index (χ3n) is 2.32. The molecule has 1 aromatic heterocycles. The molecule has 0 aliphatic rings. The molecule has 0 saturated carbocycles. The highest BCUT2D eigenvalue weighted by Gasteiger charge is 2.15. The van der Waals surface area contributed by atoms with Crippen LogP contribution in [0, 0.1) is 17.5 Å². The van der Waals surface area contributed by atoms with Crippen LogP contribution in [-0.2, 0) is 0 Å². The Morgan fingerprint density at radius 1 is 0.950 bits per heavy atom. The molecule has 9 heteroatoms. The summed E-state index contributed by atoms with van der Waals surface area (Å²) in [6.45, 7) is 0. The van der Waals surface area contributed by atoms with Crippen molar-refractivity contribution < 1.29 is 13.2 Å². The fraction of sp³-hybridized carbons (Fsp3) is 0. The average molecular weight is 323 g/mol. The van der Waals surface area contributed by atoms with Crippen molar-refractivity contribution in [3.8, 4) is 0 Å². The van der Waals surface area contributed by atoms with Gasteiger partial charge in [0, 0.05) is 6.07 Å². The van der Waals surface area contributed by atoms with Crippen molar-refractivity contribution in [2.24, 2.45) is 5.84 Å². The fourth-order valence-corrected chi connectivity index (χ4v) is 1.99. The van der Waals surface area contributed by atoms with E-state index in [9.17, 15) is 13.2 Å². The molecule has 4 N–H and O–H groups in total. The summed E-state index contributed by atoms with van der Waals surface area (Å²) in [6.07, 6.45) is 0. The topological polar surface area (TPSA) is 63.0 Å². The van der Waals surface area contributed by atoms with Crippen LogP contribution in [0.4, 0.5) is 30.5 Å². The maximum atomic E-state index is 13.6. The van der Waals surface area contributed by atoms with Crippen LogP contribution in [0.2, 0.25) is 10.0 Å². The van der Waals surface area contributed by atoms with Gasteiger partial charge in [-0.1, -0.05) is 23.2 Å². The van der Waals surface area contributed by atoms with Crippen molar-refractivity contribution in [3.05, 3.63) is 45.7 Å². The van der Waals surface area contributed by atoms with Gasteiger partial charge in [-0.2, -0.15) is 0 Å². The van der Waals surface area contributed by atoms with Gasteiger partial charge in [-0.25, -0.2) is 24.0 Å². The van der Waals surface area contributed by atoms with E-state index in [1.165, 1.54) is 0 Å². The van der Waals surface area contributed by atoms with E-state index in [2.05, 4.69) is 10.3 Å². The van der Waals surface area contributed by atoms with Gasteiger partial charge in [-0.05, 0) is 12.1 Å². The van der Waals surface area contributed by atoms with E-state index in [4.69, 9.17) is 29.0 Å². The standard InChI is InChI=1S/C11H7Cl2F3N4/c12-5-1-4(14)2-6(13)9(5)18-10-7(15)3-8(16)11(19-10)20-17/h1-3H,17H2,(H2,18,19,20). The van der Waals surface area contributed by atoms with E-state index in [0.29, 0.717) is 6.07 Å². The number of aromatic nitrogens is 1. The predicted octanol–water partition coefficient (Wildman–Crippen LogP) is 3.83. The summed E-state index contributed by atoms with van der Waals surface area (Å²) >= 11 is 11.6. The Labute approximate surface area is 121 Å². The van der Waals surface area contributed by atoms with Crippen molar-refractivity contribution in [2.45, 2.75) is 0 Å². The lowest BCUT2D eigenvalue weighted by Gasteiger charge is -2.12. The van der Waals surface area contributed by atoms with Crippen molar-refractivity contribution in [1.29, 1.82) is 0 Å². The van der Waals surface area contributed by atoms with Crippen molar-refractivity contribution >= 4 is 40.5 Å². The first-order chi connectivity index (χ1) is 9.42. The van der Waals surface area contributed by atoms with Crippen LogP contribution >= 0.6 is 23.2 Å². The Hall–Kier alpha value is -1.70. The lowest BCUT2D eigenvalue weighted by Crippen LogP contribution is -2.12. The zero-order valence-corrected chi connectivity index (χ0v) is 11.2. The molecule has 0 saturated heterocycles. The first-order valence-corrected chi connectivity index (χ1v) is 5.92. The highest BCUT2D eigenvalue weighted by Crippen LogP contribution is 2.34. The van der Waals surface area contributed by atoms with Crippen LogP contribution in [-0.4, -0.2) is 4.98 Å². The number of nitrogens with two attached hydrogens (primary N) is 1. The highest BCUT2D eigenvalue weighted by atomic mass is 35.5. The summed E-state index contributed by atoms with van der Waals surface area (Å²) in [6, 6.07) is 2.55. The second-order valence-corrected chi connectivity index (χ2v) is 4.48. The van der Waals surface area contributed by atoms with E-state index in [1.54, 1.807) is 0 Å². The molecule has 0 spiro atoms. The molecule has 2 aromatic rings. The van der Waals surface area contributed by atoms with Gasteiger partial charge in [-0.3, -0.25) is 0 Å². The van der Waals surface area contributed by atoms with Gasteiger partial charge >= 0.3 is 0 Å². The Kier molecular flexibility index (Phi) is 4.22. The van der Waals surface area contributed by atoms with Crippen LogP contribution in [0.5, 0.6) is 0 Å². The van der Waals surface area contributed by atoms with Crippen LogP contribution in [0.15, 0.2) is 18.2 Å². The Morgan fingerprint density at radius 3 is 2.05 bits per heavy atom. The number of nitrogens with zero attached hydrogens (tertiary/aromatic N) is 1. The zero-order valence-electron chi connectivity index (χ0n) is 9.65. The van der Waals surface area contributed by atoms with Gasteiger partial charge in [0.15, 0.2) is 23.3 Å². The van der Waals surface area contributed by atoms with Crippen molar-refractivity contribution in [3.63, 3.8) is 0 Å². The van der Waals surface area contributed by atoms with E-state index >= 15 is 0 Å². The smallest absolute Gasteiger partial charge is 0.178 e. The van der Waals surface area contributed by atoms with E-state index in [1.807, 2.05) is 5.43 Å². The summed E-state index contributed by atoms with van der Waals surface area (Å²) in [5.41, 5.74) is 2.01. The Morgan fingerprint density at radius 2 is 1.50 bits per heavy atom. The molecule has 0 fully saturated rings. The molecule has 2 rings (SSSR count). The molecule has 20 heavy (non-hydrogen) atoms. The molecule has 106 valence electrons. The lowest BCUT2D eigenvalue weighted by molar-refractivity contribution is 0.579. The molecule has 0 amide bonds. The van der Waals surface area contributed by atoms with E-state index in [0.717, 1.165) is 12.1 Å². The highest BCUT2D eigenvalue weighted by molar-refractivity contribution is 6.39. The minimum Gasteiger partial charge on any atom is -0.335 e. The predicted molar refractivity (Wildman–Crippen MR) is 71.7 cm³/mol. The lowest BCUT2D eigenvalue weighted by atomic mass is 10.3. The molecular formula is C11H7Cl2F3N4. The van der Waals surface area contributed by atoms with Gasteiger partial charge in [0.1, 0.15) is 5.82 Å². The second-order valence-electron chi connectivity index (χ2n) is 3.66.